The molecule has 0 radical (unpaired) electrons. The van der Waals surface area contributed by atoms with E-state index >= 15 is 0 Å². The van der Waals surface area contributed by atoms with Gasteiger partial charge in [0.05, 0.1) is 0 Å². The van der Waals surface area contributed by atoms with Gasteiger partial charge in [0.25, 0.3) is 0 Å². The van der Waals surface area contributed by atoms with Gasteiger partial charge in [-0.15, -0.1) is 0 Å². The molecular weight excluding hydrogens is 292 g/mol. The summed E-state index contributed by atoms with van der Waals surface area (Å²) < 4.78 is 0. The number of aromatic hydroxyl groups is 1. The SMILES string of the molecule is CCCCCCCCc1c(O)ccc(CCCC)c1CCCCC. The van der Waals surface area contributed by atoms with Gasteiger partial charge in [0.15, 0.2) is 0 Å². The van der Waals surface area contributed by atoms with Gasteiger partial charge in [-0.05, 0) is 61.3 Å². The van der Waals surface area contributed by atoms with Crippen molar-refractivity contribution in [1.29, 1.82) is 0 Å². The smallest absolute Gasteiger partial charge is 0.119 e. The Kier molecular flexibility index (Phi) is 11.7. The summed E-state index contributed by atoms with van der Waals surface area (Å²) in [6.07, 6.45) is 17.6. The fraction of sp³-hybridized carbons (Fsp3) is 0.739. The van der Waals surface area contributed by atoms with Gasteiger partial charge >= 0.3 is 0 Å². The lowest BCUT2D eigenvalue weighted by atomic mass is 9.90. The number of phenolic OH excluding ortho intramolecular Hbond substituents is 1. The molecule has 0 unspecified atom stereocenters. The monoisotopic (exact) mass is 332 g/mol. The molecule has 0 aromatic heterocycles. The highest BCUT2D eigenvalue weighted by Crippen LogP contribution is 2.29. The third-order valence-electron chi connectivity index (χ3n) is 5.11. The van der Waals surface area contributed by atoms with E-state index in [-0.39, 0.29) is 0 Å². The van der Waals surface area contributed by atoms with E-state index in [1.165, 1.54) is 93.7 Å². The fourth-order valence-corrected chi connectivity index (χ4v) is 3.55. The van der Waals surface area contributed by atoms with E-state index in [0.29, 0.717) is 5.75 Å². The van der Waals surface area contributed by atoms with Crippen molar-refractivity contribution in [2.24, 2.45) is 0 Å². The number of aryl methyl sites for hydroxylation is 1. The number of hydrogen-bond acceptors (Lipinski definition) is 1. The van der Waals surface area contributed by atoms with Crippen LogP contribution in [0.3, 0.4) is 0 Å². The van der Waals surface area contributed by atoms with Gasteiger partial charge in [-0.2, -0.15) is 0 Å². The predicted molar refractivity (Wildman–Crippen MR) is 107 cm³/mol. The number of benzene rings is 1. The first kappa shape index (κ1) is 21.1. The Bertz CT molecular complexity index is 436. The maximum absolute atomic E-state index is 10.4. The van der Waals surface area contributed by atoms with Crippen LogP contribution in [0.1, 0.15) is 108 Å². The Morgan fingerprint density at radius 1 is 0.583 bits per heavy atom. The van der Waals surface area contributed by atoms with Crippen molar-refractivity contribution >= 4 is 0 Å². The Balaban J connectivity index is 2.73. The summed E-state index contributed by atoms with van der Waals surface area (Å²) in [7, 11) is 0. The highest BCUT2D eigenvalue weighted by molar-refractivity contribution is 5.45. The van der Waals surface area contributed by atoms with Crippen molar-refractivity contribution in [3.8, 4) is 5.75 Å². The molecule has 0 heterocycles. The van der Waals surface area contributed by atoms with Gasteiger partial charge in [0, 0.05) is 0 Å². The molecule has 138 valence electrons. The molecule has 0 atom stereocenters. The number of phenols is 1. The highest BCUT2D eigenvalue weighted by atomic mass is 16.3. The molecule has 0 aliphatic rings. The normalized spacial score (nSPS) is 11.1. The van der Waals surface area contributed by atoms with Gasteiger partial charge in [-0.3, -0.25) is 0 Å². The molecule has 0 bridgehead atoms. The molecule has 1 aromatic rings. The van der Waals surface area contributed by atoms with Gasteiger partial charge in [0.1, 0.15) is 5.75 Å². The average Bonchev–Trinajstić information content (AvgIpc) is 2.59. The molecule has 0 aliphatic carbocycles. The molecule has 24 heavy (non-hydrogen) atoms. The first-order valence-electron chi connectivity index (χ1n) is 10.6. The van der Waals surface area contributed by atoms with Crippen LogP contribution in [0.25, 0.3) is 0 Å². The lowest BCUT2D eigenvalue weighted by Crippen LogP contribution is -2.02. The Morgan fingerprint density at radius 2 is 1.12 bits per heavy atom. The van der Waals surface area contributed by atoms with E-state index in [4.69, 9.17) is 0 Å². The number of unbranched alkanes of at least 4 members (excludes halogenated alkanes) is 8. The van der Waals surface area contributed by atoms with Crippen LogP contribution < -0.4 is 0 Å². The summed E-state index contributed by atoms with van der Waals surface area (Å²) >= 11 is 0. The van der Waals surface area contributed by atoms with Crippen LogP contribution in [0.2, 0.25) is 0 Å². The molecule has 0 saturated heterocycles. The topological polar surface area (TPSA) is 20.2 Å². The molecule has 1 N–H and O–H groups in total. The van der Waals surface area contributed by atoms with Crippen LogP contribution in [0.15, 0.2) is 12.1 Å². The van der Waals surface area contributed by atoms with Crippen molar-refractivity contribution in [2.45, 2.75) is 111 Å². The Hall–Kier alpha value is -0.980. The summed E-state index contributed by atoms with van der Waals surface area (Å²) in [5.74, 6) is 0.537. The lowest BCUT2D eigenvalue weighted by Gasteiger charge is -2.17. The minimum Gasteiger partial charge on any atom is -0.508 e. The van der Waals surface area contributed by atoms with Crippen LogP contribution in [0.5, 0.6) is 5.75 Å². The second kappa shape index (κ2) is 13.3. The molecule has 0 amide bonds. The molecule has 0 spiro atoms. The van der Waals surface area contributed by atoms with E-state index in [0.717, 1.165) is 12.8 Å². The van der Waals surface area contributed by atoms with Crippen molar-refractivity contribution in [1.82, 2.24) is 0 Å². The van der Waals surface area contributed by atoms with Crippen molar-refractivity contribution in [2.75, 3.05) is 0 Å². The first-order valence-corrected chi connectivity index (χ1v) is 10.6. The summed E-state index contributed by atoms with van der Waals surface area (Å²) in [4.78, 5) is 0. The zero-order valence-corrected chi connectivity index (χ0v) is 16.5. The minimum absolute atomic E-state index is 0.537. The number of rotatable bonds is 14. The Labute approximate surface area is 150 Å². The fourth-order valence-electron chi connectivity index (χ4n) is 3.55. The van der Waals surface area contributed by atoms with Crippen molar-refractivity contribution < 1.29 is 5.11 Å². The second-order valence-corrected chi connectivity index (χ2v) is 7.28. The molecular formula is C23H40O. The van der Waals surface area contributed by atoms with E-state index in [1.54, 1.807) is 0 Å². The summed E-state index contributed by atoms with van der Waals surface area (Å²) in [5.41, 5.74) is 4.23. The molecule has 1 heteroatoms. The van der Waals surface area contributed by atoms with Crippen LogP contribution >= 0.6 is 0 Å². The molecule has 0 saturated carbocycles. The van der Waals surface area contributed by atoms with Crippen LogP contribution in [0.4, 0.5) is 0 Å². The second-order valence-electron chi connectivity index (χ2n) is 7.28. The standard InChI is InChI=1S/C23H40O/c1-4-7-10-11-12-14-17-22-21(16-13-8-5-2)20(15-9-6-3)18-19-23(22)24/h18-19,24H,4-17H2,1-3H3. The summed E-state index contributed by atoms with van der Waals surface area (Å²) in [6.45, 7) is 6.79. The van der Waals surface area contributed by atoms with Crippen molar-refractivity contribution in [3.63, 3.8) is 0 Å². The van der Waals surface area contributed by atoms with E-state index in [9.17, 15) is 5.11 Å². The van der Waals surface area contributed by atoms with E-state index in [1.807, 2.05) is 6.07 Å². The van der Waals surface area contributed by atoms with Crippen LogP contribution in [0, 0.1) is 0 Å². The lowest BCUT2D eigenvalue weighted by molar-refractivity contribution is 0.463. The van der Waals surface area contributed by atoms with Gasteiger partial charge < -0.3 is 5.11 Å². The van der Waals surface area contributed by atoms with Gasteiger partial charge in [-0.25, -0.2) is 0 Å². The quantitative estimate of drug-likeness (QED) is 0.352. The van der Waals surface area contributed by atoms with Gasteiger partial charge in [0.2, 0.25) is 0 Å². The number of hydrogen-bond donors (Lipinski definition) is 1. The predicted octanol–water partition coefficient (Wildman–Crippen LogP) is 7.37. The highest BCUT2D eigenvalue weighted by Gasteiger charge is 2.12. The van der Waals surface area contributed by atoms with Gasteiger partial charge in [-0.1, -0.05) is 78.2 Å². The molecule has 1 aromatic carbocycles. The molecule has 1 rings (SSSR count). The summed E-state index contributed by atoms with van der Waals surface area (Å²) in [6, 6.07) is 4.12. The van der Waals surface area contributed by atoms with Crippen molar-refractivity contribution in [3.05, 3.63) is 28.8 Å². The Morgan fingerprint density at radius 3 is 1.83 bits per heavy atom. The van der Waals surface area contributed by atoms with Crippen LogP contribution in [-0.2, 0) is 19.3 Å². The average molecular weight is 333 g/mol. The van der Waals surface area contributed by atoms with E-state index < -0.39 is 0 Å². The molecule has 1 nitrogen and oxygen atoms in total. The molecule has 0 fully saturated rings. The third kappa shape index (κ3) is 7.73. The minimum atomic E-state index is 0.537. The largest absolute Gasteiger partial charge is 0.508 e. The molecule has 0 aliphatic heterocycles. The third-order valence-corrected chi connectivity index (χ3v) is 5.11. The maximum Gasteiger partial charge on any atom is 0.119 e. The summed E-state index contributed by atoms with van der Waals surface area (Å²) in [5, 5.41) is 10.4. The first-order chi connectivity index (χ1) is 11.7. The maximum atomic E-state index is 10.4. The zero-order valence-electron chi connectivity index (χ0n) is 16.5. The van der Waals surface area contributed by atoms with E-state index in [2.05, 4.69) is 26.8 Å². The van der Waals surface area contributed by atoms with Crippen LogP contribution in [-0.4, -0.2) is 5.11 Å². The zero-order chi connectivity index (χ0) is 17.6.